The Morgan fingerprint density at radius 2 is 1.60 bits per heavy atom. The highest BCUT2D eigenvalue weighted by atomic mass is 19.4. The number of alkyl halides is 6. The monoisotopic (exact) mass is 367 g/mol. The predicted octanol–water partition coefficient (Wildman–Crippen LogP) is 4.77. The topological polar surface area (TPSA) is 44.7 Å². The molecule has 1 aromatic carbocycles. The van der Waals surface area contributed by atoms with Crippen LogP contribution >= 0.6 is 0 Å². The summed E-state index contributed by atoms with van der Waals surface area (Å²) in [5.41, 5.74) is -3.62. The maximum absolute atomic E-state index is 12.8. The van der Waals surface area contributed by atoms with Gasteiger partial charge in [0, 0.05) is 25.7 Å². The summed E-state index contributed by atoms with van der Waals surface area (Å²) in [4.78, 5) is 17.3. The van der Waals surface area contributed by atoms with Gasteiger partial charge in [0.05, 0.1) is 11.1 Å². The summed E-state index contributed by atoms with van der Waals surface area (Å²) in [6.45, 7) is 0.674. The molecule has 2 amide bonds. The Morgan fingerprint density at radius 3 is 2.08 bits per heavy atom. The number of amides is 2. The molecule has 1 aliphatic heterocycles. The van der Waals surface area contributed by atoms with Gasteiger partial charge in [-0.3, -0.25) is 0 Å². The summed E-state index contributed by atoms with van der Waals surface area (Å²) in [5.74, 6) is 0.437. The van der Waals surface area contributed by atoms with Gasteiger partial charge < -0.3 is 10.2 Å². The Hall–Kier alpha value is -2.26. The van der Waals surface area contributed by atoms with Crippen LogP contribution in [0.2, 0.25) is 0 Å². The van der Waals surface area contributed by atoms with E-state index in [0.717, 1.165) is 12.8 Å². The third-order valence-electron chi connectivity index (χ3n) is 3.65. The lowest BCUT2D eigenvalue weighted by Crippen LogP contribution is -2.32. The zero-order valence-electron chi connectivity index (χ0n) is 13.1. The highest BCUT2D eigenvalue weighted by Gasteiger charge is 2.37. The van der Waals surface area contributed by atoms with Crippen molar-refractivity contribution in [2.45, 2.75) is 31.6 Å². The molecule has 1 aromatic rings. The standard InChI is InChI=1S/C15H15F6N3O/c1-24-5-3-2-4-12(24)23-13(25)22-11-7-9(14(16,17)18)6-10(8-11)15(19,20)21/h6-8H,2-5H2,1H3,(H,22,25). The molecular weight excluding hydrogens is 352 g/mol. The average molecular weight is 367 g/mol. The Morgan fingerprint density at radius 1 is 1.04 bits per heavy atom. The van der Waals surface area contributed by atoms with Crippen LogP contribution < -0.4 is 5.32 Å². The summed E-state index contributed by atoms with van der Waals surface area (Å²) in [7, 11) is 1.71. The van der Waals surface area contributed by atoms with Crippen molar-refractivity contribution in [1.82, 2.24) is 4.90 Å². The minimum atomic E-state index is -4.98. The number of nitrogens with zero attached hydrogens (tertiary/aromatic N) is 2. The van der Waals surface area contributed by atoms with E-state index in [1.165, 1.54) is 0 Å². The second kappa shape index (κ2) is 6.93. The van der Waals surface area contributed by atoms with E-state index in [2.05, 4.69) is 4.99 Å². The SMILES string of the molecule is CN1CCCCC1=NC(=O)Nc1cc(C(F)(F)F)cc(C(F)(F)F)c1. The molecule has 1 fully saturated rings. The Balaban J connectivity index is 2.29. The summed E-state index contributed by atoms with van der Waals surface area (Å²) in [6, 6.07) is -0.136. The van der Waals surface area contributed by atoms with E-state index in [9.17, 15) is 31.1 Å². The number of halogens is 6. The smallest absolute Gasteiger partial charge is 0.363 e. The number of carbonyl (C=O) groups excluding carboxylic acids is 1. The van der Waals surface area contributed by atoms with Crippen molar-refractivity contribution >= 4 is 17.6 Å². The van der Waals surface area contributed by atoms with Crippen LogP contribution in [0.5, 0.6) is 0 Å². The molecule has 0 bridgehead atoms. The fourth-order valence-corrected chi connectivity index (χ4v) is 2.39. The molecule has 1 N–H and O–H groups in total. The summed E-state index contributed by atoms with van der Waals surface area (Å²) < 4.78 is 76.7. The van der Waals surface area contributed by atoms with Crippen molar-refractivity contribution in [2.24, 2.45) is 4.99 Å². The lowest BCUT2D eigenvalue weighted by molar-refractivity contribution is -0.143. The van der Waals surface area contributed by atoms with E-state index >= 15 is 0 Å². The average Bonchev–Trinajstić information content (AvgIpc) is 2.47. The van der Waals surface area contributed by atoms with Crippen LogP contribution in [-0.4, -0.2) is 30.4 Å². The lowest BCUT2D eigenvalue weighted by atomic mass is 10.1. The molecule has 0 radical (unpaired) electrons. The molecule has 0 aromatic heterocycles. The summed E-state index contributed by atoms with van der Waals surface area (Å²) in [6.07, 6.45) is -7.72. The normalized spacial score (nSPS) is 17.7. The molecule has 138 valence electrons. The van der Waals surface area contributed by atoms with Crippen molar-refractivity contribution in [3.05, 3.63) is 29.3 Å². The number of aliphatic imine (C=N–C) groups is 1. The zero-order chi connectivity index (χ0) is 18.8. The van der Waals surface area contributed by atoms with E-state index in [1.807, 2.05) is 5.32 Å². The van der Waals surface area contributed by atoms with Gasteiger partial charge in [-0.2, -0.15) is 31.3 Å². The molecule has 0 spiro atoms. The van der Waals surface area contributed by atoms with Gasteiger partial charge in [0.2, 0.25) is 0 Å². The Bertz CT molecular complexity index is 649. The minimum absolute atomic E-state index is 0.00351. The van der Waals surface area contributed by atoms with Gasteiger partial charge in [-0.25, -0.2) is 4.79 Å². The quantitative estimate of drug-likeness (QED) is 0.727. The number of likely N-dealkylation sites (tertiary alicyclic amines) is 1. The van der Waals surface area contributed by atoms with Crippen LogP contribution in [-0.2, 0) is 12.4 Å². The second-order valence-corrected chi connectivity index (χ2v) is 5.63. The number of amidine groups is 1. The number of piperidine rings is 1. The van der Waals surface area contributed by atoms with Gasteiger partial charge in [0.15, 0.2) is 0 Å². The Labute approximate surface area is 139 Å². The van der Waals surface area contributed by atoms with Gasteiger partial charge in [-0.05, 0) is 31.0 Å². The van der Waals surface area contributed by atoms with Gasteiger partial charge in [0.1, 0.15) is 5.84 Å². The number of carbonyl (C=O) groups is 1. The molecule has 4 nitrogen and oxygen atoms in total. The van der Waals surface area contributed by atoms with E-state index < -0.39 is 35.2 Å². The minimum Gasteiger partial charge on any atom is -0.363 e. The van der Waals surface area contributed by atoms with E-state index in [-0.39, 0.29) is 6.07 Å². The van der Waals surface area contributed by atoms with Crippen molar-refractivity contribution < 1.29 is 31.1 Å². The maximum atomic E-state index is 12.8. The molecule has 0 atom stereocenters. The molecule has 0 saturated carbocycles. The zero-order valence-corrected chi connectivity index (χ0v) is 13.1. The van der Waals surface area contributed by atoms with Gasteiger partial charge >= 0.3 is 18.4 Å². The molecule has 1 saturated heterocycles. The fourth-order valence-electron chi connectivity index (χ4n) is 2.39. The van der Waals surface area contributed by atoms with Crippen LogP contribution in [0.15, 0.2) is 23.2 Å². The third-order valence-corrected chi connectivity index (χ3v) is 3.65. The first-order valence-electron chi connectivity index (χ1n) is 7.36. The number of urea groups is 1. The van der Waals surface area contributed by atoms with Crippen molar-refractivity contribution in [3.8, 4) is 0 Å². The molecule has 10 heteroatoms. The largest absolute Gasteiger partial charge is 0.416 e. The van der Waals surface area contributed by atoms with Crippen LogP contribution in [0.4, 0.5) is 36.8 Å². The molecule has 1 heterocycles. The predicted molar refractivity (Wildman–Crippen MR) is 79.4 cm³/mol. The fraction of sp³-hybridized carbons (Fsp3) is 0.467. The maximum Gasteiger partial charge on any atom is 0.416 e. The number of anilines is 1. The molecular formula is C15H15F6N3O. The summed E-state index contributed by atoms with van der Waals surface area (Å²) in [5, 5.41) is 1.98. The van der Waals surface area contributed by atoms with Crippen LogP contribution in [0.3, 0.4) is 0 Å². The van der Waals surface area contributed by atoms with Crippen LogP contribution in [0.1, 0.15) is 30.4 Å². The Kier molecular flexibility index (Phi) is 5.28. The van der Waals surface area contributed by atoms with Crippen molar-refractivity contribution in [2.75, 3.05) is 18.9 Å². The van der Waals surface area contributed by atoms with Crippen LogP contribution in [0.25, 0.3) is 0 Å². The van der Waals surface area contributed by atoms with Crippen molar-refractivity contribution in [3.63, 3.8) is 0 Å². The molecule has 0 aliphatic carbocycles. The highest BCUT2D eigenvalue weighted by Crippen LogP contribution is 2.37. The van der Waals surface area contributed by atoms with Gasteiger partial charge in [0.25, 0.3) is 0 Å². The first kappa shape index (κ1) is 19.1. The third kappa shape index (κ3) is 5.10. The number of nitrogens with one attached hydrogen (secondary N) is 1. The summed E-state index contributed by atoms with van der Waals surface area (Å²) >= 11 is 0. The second-order valence-electron chi connectivity index (χ2n) is 5.63. The molecule has 1 aliphatic rings. The molecule has 0 unspecified atom stereocenters. The number of hydrogen-bond donors (Lipinski definition) is 1. The first-order chi connectivity index (χ1) is 11.5. The van der Waals surface area contributed by atoms with Crippen LogP contribution in [0, 0.1) is 0 Å². The number of benzene rings is 1. The van der Waals surface area contributed by atoms with E-state index in [4.69, 9.17) is 0 Å². The van der Waals surface area contributed by atoms with Gasteiger partial charge in [-0.1, -0.05) is 0 Å². The van der Waals surface area contributed by atoms with Crippen molar-refractivity contribution in [1.29, 1.82) is 0 Å². The number of hydrogen-bond acceptors (Lipinski definition) is 1. The van der Waals surface area contributed by atoms with E-state index in [1.54, 1.807) is 11.9 Å². The first-order valence-corrected chi connectivity index (χ1v) is 7.36. The van der Waals surface area contributed by atoms with Gasteiger partial charge in [-0.15, -0.1) is 0 Å². The number of rotatable bonds is 1. The highest BCUT2D eigenvalue weighted by molar-refractivity contribution is 6.00. The molecule has 25 heavy (non-hydrogen) atoms. The molecule has 2 rings (SSSR count). The van der Waals surface area contributed by atoms with E-state index in [0.29, 0.717) is 30.9 Å². The lowest BCUT2D eigenvalue weighted by Gasteiger charge is -2.25.